The summed E-state index contributed by atoms with van der Waals surface area (Å²) in [6, 6.07) is 0. The molecule has 0 aliphatic carbocycles. The van der Waals surface area contributed by atoms with Crippen molar-refractivity contribution in [3.63, 3.8) is 0 Å². The highest BCUT2D eigenvalue weighted by atomic mass is 16.6. The van der Waals surface area contributed by atoms with Crippen LogP contribution in [0.25, 0.3) is 0 Å². The lowest BCUT2D eigenvalue weighted by atomic mass is 11.1. The summed E-state index contributed by atoms with van der Waals surface area (Å²) in [6.45, 7) is 0. The maximum absolute atomic E-state index is 9.51. The molecule has 0 aromatic carbocycles. The summed E-state index contributed by atoms with van der Waals surface area (Å²) < 4.78 is 3.53. The second kappa shape index (κ2) is 3.88. The summed E-state index contributed by atoms with van der Waals surface area (Å²) >= 11 is 0. The van der Waals surface area contributed by atoms with Crippen molar-refractivity contribution in [3.8, 4) is 0 Å². The second-order valence-electron chi connectivity index (χ2n) is 0.740. The highest BCUT2D eigenvalue weighted by Crippen LogP contribution is 1.67. The van der Waals surface area contributed by atoms with Crippen LogP contribution in [-0.2, 0) is 4.74 Å². The maximum Gasteiger partial charge on any atom is 0.413 e. The molecule has 0 aliphatic heterocycles. The van der Waals surface area contributed by atoms with E-state index in [9.17, 15) is 9.59 Å². The van der Waals surface area contributed by atoms with E-state index in [1.54, 1.807) is 0 Å². The Balaban J connectivity index is 0. The van der Waals surface area contributed by atoms with Gasteiger partial charge in [-0.3, -0.25) is 0 Å². The molecule has 0 radical (unpaired) electrons. The van der Waals surface area contributed by atoms with E-state index in [1.807, 2.05) is 0 Å². The first kappa shape index (κ1) is 9.85. The van der Waals surface area contributed by atoms with Gasteiger partial charge in [-0.1, -0.05) is 0 Å². The maximum atomic E-state index is 9.51. The molecule has 0 heterocycles. The molecule has 8 heavy (non-hydrogen) atoms. The highest BCUT2D eigenvalue weighted by molar-refractivity contribution is 5.81. The van der Waals surface area contributed by atoms with E-state index in [1.165, 1.54) is 0 Å². The molecular formula is C2H7N3O3. The van der Waals surface area contributed by atoms with Crippen molar-refractivity contribution >= 4 is 12.2 Å². The monoisotopic (exact) mass is 121 g/mol. The normalized spacial score (nSPS) is 6.50. The molecule has 0 rings (SSSR count). The molecule has 0 saturated carbocycles. The van der Waals surface area contributed by atoms with Gasteiger partial charge in [0.05, 0.1) is 0 Å². The van der Waals surface area contributed by atoms with Gasteiger partial charge in [0.1, 0.15) is 0 Å². The van der Waals surface area contributed by atoms with Gasteiger partial charge in [0, 0.05) is 0 Å². The average molecular weight is 121 g/mol. The molecule has 0 spiro atoms. The van der Waals surface area contributed by atoms with Gasteiger partial charge in [-0.2, -0.15) is 0 Å². The fraction of sp³-hybridized carbons (Fsp3) is 0. The predicted octanol–water partition coefficient (Wildman–Crippen LogP) is -0.678. The van der Waals surface area contributed by atoms with Crippen molar-refractivity contribution in [2.24, 2.45) is 11.5 Å². The molecule has 0 atom stereocenters. The minimum absolute atomic E-state index is 0. The first-order chi connectivity index (χ1) is 3.13. The zero-order valence-corrected chi connectivity index (χ0v) is 4.09. The number of rotatable bonds is 0. The van der Waals surface area contributed by atoms with Crippen LogP contribution in [0.3, 0.4) is 0 Å². The third kappa shape index (κ3) is 8.83. The van der Waals surface area contributed by atoms with Crippen molar-refractivity contribution in [2.75, 3.05) is 0 Å². The Kier molecular flexibility index (Phi) is 4.77. The smallest absolute Gasteiger partial charge is 0.360 e. The summed E-state index contributed by atoms with van der Waals surface area (Å²) in [7, 11) is 0. The molecule has 6 nitrogen and oxygen atoms in total. The van der Waals surface area contributed by atoms with Gasteiger partial charge in [0.2, 0.25) is 0 Å². The number of amides is 2. The molecule has 0 bridgehead atoms. The van der Waals surface area contributed by atoms with Crippen LogP contribution in [0, 0.1) is 0 Å². The molecular weight excluding hydrogens is 114 g/mol. The number of hydrogen-bond acceptors (Lipinski definition) is 4. The summed E-state index contributed by atoms with van der Waals surface area (Å²) in [5.74, 6) is 0. The Morgan fingerprint density at radius 2 is 1.38 bits per heavy atom. The fourth-order valence-electron chi connectivity index (χ4n) is 0.0991. The first-order valence-corrected chi connectivity index (χ1v) is 1.39. The molecule has 0 unspecified atom stereocenters. The van der Waals surface area contributed by atoms with Gasteiger partial charge < -0.3 is 22.4 Å². The van der Waals surface area contributed by atoms with Gasteiger partial charge in [-0.25, -0.2) is 9.59 Å². The molecule has 0 aromatic heterocycles. The Labute approximate surface area is 45.4 Å². The quantitative estimate of drug-likeness (QED) is 0.366. The van der Waals surface area contributed by atoms with Crippen LogP contribution in [0.2, 0.25) is 0 Å². The minimum atomic E-state index is -1.19. The van der Waals surface area contributed by atoms with Crippen LogP contribution in [-0.4, -0.2) is 12.2 Å². The number of carbonyl (C=O) groups is 2. The van der Waals surface area contributed by atoms with Crippen LogP contribution in [0.1, 0.15) is 0 Å². The Morgan fingerprint density at radius 1 is 1.12 bits per heavy atom. The molecule has 0 aliphatic rings. The third-order valence-electron chi connectivity index (χ3n) is 0.201. The van der Waals surface area contributed by atoms with Crippen molar-refractivity contribution in [1.82, 2.24) is 6.15 Å². The van der Waals surface area contributed by atoms with Crippen molar-refractivity contribution in [3.05, 3.63) is 0 Å². The summed E-state index contributed by atoms with van der Waals surface area (Å²) in [4.78, 5) is 19.0. The first-order valence-electron chi connectivity index (χ1n) is 1.39. The topological polar surface area (TPSA) is 130 Å². The minimum Gasteiger partial charge on any atom is -0.360 e. The van der Waals surface area contributed by atoms with E-state index < -0.39 is 12.2 Å². The van der Waals surface area contributed by atoms with E-state index in [0.717, 1.165) is 0 Å². The summed E-state index contributed by atoms with van der Waals surface area (Å²) in [5, 5.41) is 0. The van der Waals surface area contributed by atoms with E-state index in [-0.39, 0.29) is 6.15 Å². The molecule has 0 saturated heterocycles. The van der Waals surface area contributed by atoms with Crippen LogP contribution in [0.5, 0.6) is 0 Å². The zero-order valence-electron chi connectivity index (χ0n) is 4.09. The molecule has 0 fully saturated rings. The lowest BCUT2D eigenvalue weighted by Gasteiger charge is -1.87. The number of primary amides is 2. The Hall–Kier alpha value is -1.30. The predicted molar refractivity (Wildman–Crippen MR) is 25.3 cm³/mol. The van der Waals surface area contributed by atoms with Crippen molar-refractivity contribution < 1.29 is 14.3 Å². The highest BCUT2D eigenvalue weighted by Gasteiger charge is 1.95. The number of nitrogens with two attached hydrogens (primary N) is 2. The van der Waals surface area contributed by atoms with E-state index >= 15 is 0 Å². The third-order valence-corrected chi connectivity index (χ3v) is 0.201. The summed E-state index contributed by atoms with van der Waals surface area (Å²) in [5.41, 5.74) is 8.66. The number of hydrogen-bond donors (Lipinski definition) is 3. The largest absolute Gasteiger partial charge is 0.413 e. The number of ether oxygens (including phenoxy) is 1. The SMILES string of the molecule is N.NC(=O)OC(N)=O. The molecule has 6 heteroatoms. The lowest BCUT2D eigenvalue weighted by molar-refractivity contribution is 0.164. The van der Waals surface area contributed by atoms with E-state index in [4.69, 9.17) is 0 Å². The van der Waals surface area contributed by atoms with E-state index in [0.29, 0.717) is 0 Å². The second-order valence-corrected chi connectivity index (χ2v) is 0.740. The summed E-state index contributed by atoms with van der Waals surface area (Å²) in [6.07, 6.45) is -2.38. The average Bonchev–Trinajstić information content (AvgIpc) is 1.27. The Bertz CT molecular complexity index is 88.7. The lowest BCUT2D eigenvalue weighted by Crippen LogP contribution is -2.22. The van der Waals surface area contributed by atoms with Crippen LogP contribution < -0.4 is 17.6 Å². The Morgan fingerprint density at radius 3 is 1.38 bits per heavy atom. The van der Waals surface area contributed by atoms with Gasteiger partial charge in [0.25, 0.3) is 0 Å². The van der Waals surface area contributed by atoms with Crippen LogP contribution in [0.15, 0.2) is 0 Å². The molecule has 7 N–H and O–H groups in total. The van der Waals surface area contributed by atoms with Gasteiger partial charge in [0.15, 0.2) is 0 Å². The molecule has 0 aromatic rings. The molecule has 2 amide bonds. The van der Waals surface area contributed by atoms with Crippen molar-refractivity contribution in [1.29, 1.82) is 0 Å². The van der Waals surface area contributed by atoms with Gasteiger partial charge in [-0.15, -0.1) is 0 Å². The number of carbonyl (C=O) groups excluding carboxylic acids is 2. The van der Waals surface area contributed by atoms with Crippen LogP contribution >= 0.6 is 0 Å². The standard InChI is InChI=1S/C2H4N2O3.H3N/c3-1(5)7-2(4)6;/h(H2,3,5)(H2,4,6);1H3. The van der Waals surface area contributed by atoms with Gasteiger partial charge in [-0.05, 0) is 0 Å². The van der Waals surface area contributed by atoms with Crippen LogP contribution in [0.4, 0.5) is 9.59 Å². The van der Waals surface area contributed by atoms with Crippen molar-refractivity contribution in [2.45, 2.75) is 0 Å². The van der Waals surface area contributed by atoms with E-state index in [2.05, 4.69) is 16.2 Å². The fourth-order valence-corrected chi connectivity index (χ4v) is 0.0991. The zero-order chi connectivity index (χ0) is 5.86. The van der Waals surface area contributed by atoms with Gasteiger partial charge >= 0.3 is 12.2 Å². The molecule has 48 valence electrons.